The largest absolute Gasteiger partial charge is 1.00 e. The first-order valence-electron chi connectivity index (χ1n) is 17.7. The summed E-state index contributed by atoms with van der Waals surface area (Å²) in [5.41, 5.74) is 0. The third-order valence-electron chi connectivity index (χ3n) is 9.15. The third kappa shape index (κ3) is 13.3. The number of halogens is 2. The normalized spacial score (nSPS) is 10.0. The van der Waals surface area contributed by atoms with E-state index >= 15 is 0 Å². The minimum absolute atomic E-state index is 0. The molecule has 0 aliphatic heterocycles. The van der Waals surface area contributed by atoms with E-state index in [-0.39, 0.29) is 40.1 Å². The number of hydrogen-bond donors (Lipinski definition) is 0. The van der Waals surface area contributed by atoms with Gasteiger partial charge < -0.3 is 50.3 Å². The van der Waals surface area contributed by atoms with E-state index in [1.165, 1.54) is 42.4 Å². The van der Waals surface area contributed by atoms with Crippen molar-refractivity contribution in [1.29, 1.82) is 0 Å². The molecule has 0 saturated heterocycles. The number of thiol groups is 2. The molecule has 8 rings (SSSR count). The Labute approximate surface area is 402 Å². The zero-order valence-electron chi connectivity index (χ0n) is 31.6. The zero-order chi connectivity index (χ0) is 40.6. The summed E-state index contributed by atoms with van der Waals surface area (Å²) in [7, 11) is 5.72. The summed E-state index contributed by atoms with van der Waals surface area (Å²) in [4.78, 5) is 0. The molecule has 0 aliphatic carbocycles. The van der Waals surface area contributed by atoms with Gasteiger partial charge in [0.15, 0.2) is 0 Å². The molecule has 0 spiro atoms. The van der Waals surface area contributed by atoms with Gasteiger partial charge in [0.25, 0.3) is 0 Å². The van der Waals surface area contributed by atoms with Crippen LogP contribution in [0.1, 0.15) is 0 Å². The van der Waals surface area contributed by atoms with Crippen molar-refractivity contribution in [1.82, 2.24) is 0 Å². The van der Waals surface area contributed by atoms with E-state index in [2.05, 4.69) is 266 Å². The quantitative estimate of drug-likeness (QED) is 0.0495. The molecule has 11 heteroatoms. The molecule has 0 aliphatic rings. The molecular formula is C48H42Cl2FeMoOP2S4-2. The Morgan fingerprint density at radius 1 is 0.288 bits per heavy atom. The van der Waals surface area contributed by atoms with Gasteiger partial charge in [-0.3, -0.25) is 0 Å². The van der Waals surface area contributed by atoms with Crippen molar-refractivity contribution >= 4 is 127 Å². The topological polar surface area (TPSA) is 17.1 Å². The van der Waals surface area contributed by atoms with Crippen molar-refractivity contribution in [2.24, 2.45) is 0 Å². The predicted octanol–water partition coefficient (Wildman–Crippen LogP) is 9.32. The van der Waals surface area contributed by atoms with Crippen LogP contribution in [-0.2, 0) is 86.6 Å². The Morgan fingerprint density at radius 2 is 0.373 bits per heavy atom. The molecule has 0 amide bonds. The summed E-state index contributed by atoms with van der Waals surface area (Å²) in [6, 6.07) is 87.7. The molecule has 59 heavy (non-hydrogen) atoms. The Bertz CT molecular complexity index is 1760. The zero-order valence-corrected chi connectivity index (χ0v) is 41.5. The van der Waals surface area contributed by atoms with Crippen molar-refractivity contribution in [3.8, 4) is 0 Å². The maximum Gasteiger partial charge on any atom is 0.144 e. The van der Waals surface area contributed by atoms with E-state index in [0.29, 0.717) is 19.8 Å². The van der Waals surface area contributed by atoms with Crippen LogP contribution in [-0.4, -0.2) is 0 Å². The Hall–Kier alpha value is -2.39. The summed E-state index contributed by atoms with van der Waals surface area (Å²) in [6.45, 7) is 0. The SMILES string of the molecule is [Cl][Fe][Cl].[O]=[Mo].[S-][S-].[SH-].[SH-].c1ccc([P+](c2ccccc2)(c2ccccc2)c2ccccc2)cc1.c1ccc([P+](c2ccccc2)(c2ccccc2)c2ccccc2)cc1. The molecule has 0 unspecified atom stereocenters. The average Bonchev–Trinajstić information content (AvgIpc) is 3.32. The number of rotatable bonds is 8. The van der Waals surface area contributed by atoms with E-state index in [0.717, 1.165) is 0 Å². The summed E-state index contributed by atoms with van der Waals surface area (Å²) >= 11 is 8.23. The molecule has 0 fully saturated rings. The second-order valence-corrected chi connectivity index (χ2v) is 20.7. The number of benzene rings is 8. The molecule has 0 N–H and O–H groups in total. The fraction of sp³-hybridized carbons (Fsp3) is 0. The van der Waals surface area contributed by atoms with Crippen molar-refractivity contribution in [2.75, 3.05) is 0 Å². The molecule has 0 heterocycles. The Morgan fingerprint density at radius 3 is 0.458 bits per heavy atom. The van der Waals surface area contributed by atoms with Gasteiger partial charge in [-0.1, -0.05) is 146 Å². The molecule has 8 aromatic carbocycles. The van der Waals surface area contributed by atoms with E-state index in [4.69, 9.17) is 23.6 Å². The Balaban J connectivity index is 0.000000344. The van der Waals surface area contributed by atoms with E-state index in [1.54, 1.807) is 0 Å². The molecule has 0 aromatic heterocycles. The summed E-state index contributed by atoms with van der Waals surface area (Å²) in [5, 5.41) is 11.1. The fourth-order valence-electron chi connectivity index (χ4n) is 7.00. The summed E-state index contributed by atoms with van der Waals surface area (Å²) < 4.78 is 8.26. The van der Waals surface area contributed by atoms with Crippen LogP contribution in [0.5, 0.6) is 0 Å². The van der Waals surface area contributed by atoms with Crippen molar-refractivity contribution in [3.05, 3.63) is 243 Å². The van der Waals surface area contributed by atoms with Gasteiger partial charge in [-0.05, 0) is 97.1 Å². The van der Waals surface area contributed by atoms with Crippen LogP contribution in [0.15, 0.2) is 243 Å². The Kier molecular flexibility index (Phi) is 26.6. The molecular weight excluding hydrogens is 1010 g/mol. The maximum absolute atomic E-state index is 8.26. The third-order valence-corrected chi connectivity index (χ3v) is 17.7. The molecule has 0 radical (unpaired) electrons. The van der Waals surface area contributed by atoms with Crippen LogP contribution in [0.2, 0.25) is 0 Å². The van der Waals surface area contributed by atoms with E-state index < -0.39 is 14.5 Å². The van der Waals surface area contributed by atoms with Crippen LogP contribution < -0.4 is 42.4 Å². The second kappa shape index (κ2) is 29.8. The van der Waals surface area contributed by atoms with Gasteiger partial charge in [0.05, 0.1) is 0 Å². The van der Waals surface area contributed by atoms with Crippen molar-refractivity contribution < 1.29 is 36.3 Å². The van der Waals surface area contributed by atoms with Gasteiger partial charge in [0.1, 0.15) is 57.0 Å². The van der Waals surface area contributed by atoms with Gasteiger partial charge in [-0.15, -0.1) is 0 Å². The van der Waals surface area contributed by atoms with Crippen LogP contribution in [0.4, 0.5) is 0 Å². The van der Waals surface area contributed by atoms with Gasteiger partial charge in [-0.2, -0.15) is 0 Å². The average molecular weight is 1050 g/mol. The maximum atomic E-state index is 8.26. The minimum atomic E-state index is -1.91. The molecule has 0 saturated carbocycles. The first-order valence-corrected chi connectivity index (χ1v) is 26.4. The van der Waals surface area contributed by atoms with E-state index in [1.807, 2.05) is 0 Å². The molecule has 304 valence electrons. The monoisotopic (exact) mass is 1050 g/mol. The molecule has 0 atom stereocenters. The van der Waals surface area contributed by atoms with Crippen LogP contribution >= 0.6 is 34.7 Å². The molecule has 8 aromatic rings. The standard InChI is InChI=1S/2C24H20P.2ClH.Fe.Mo.O.S2.2H2S/c2*1-5-13-21(14-6-1)25(22-15-7-2-8-16-22,23-17-9-3-10-18-23)24-19-11-4-12-20-24;;;;;;1-2;;/h2*1-20H;2*1H;;;;;2*1H2/q2*+1;;;+2;;;-2;;/p-4. The van der Waals surface area contributed by atoms with Gasteiger partial charge in [0, 0.05) is 0 Å². The number of hydrogen-bond acceptors (Lipinski definition) is 5. The second-order valence-electron chi connectivity index (χ2n) is 12.1. The molecule has 1 nitrogen and oxygen atoms in total. The van der Waals surface area contributed by atoms with Crippen LogP contribution in [0.25, 0.3) is 0 Å². The first kappa shape index (κ1) is 52.7. The van der Waals surface area contributed by atoms with Gasteiger partial charge >= 0.3 is 56.5 Å². The minimum Gasteiger partial charge on any atom is -1.00 e. The van der Waals surface area contributed by atoms with Crippen molar-refractivity contribution in [2.45, 2.75) is 0 Å². The van der Waals surface area contributed by atoms with Gasteiger partial charge in [0.2, 0.25) is 0 Å². The first-order chi connectivity index (χ1) is 28.3. The summed E-state index contributed by atoms with van der Waals surface area (Å²) in [6.07, 6.45) is 0. The fourth-order valence-corrected chi connectivity index (χ4v) is 15.5. The van der Waals surface area contributed by atoms with Crippen molar-refractivity contribution in [3.63, 3.8) is 0 Å². The van der Waals surface area contributed by atoms with E-state index in [9.17, 15) is 0 Å². The molecule has 0 bridgehead atoms. The summed E-state index contributed by atoms with van der Waals surface area (Å²) in [5.74, 6) is 0. The van der Waals surface area contributed by atoms with Crippen LogP contribution in [0.3, 0.4) is 0 Å². The van der Waals surface area contributed by atoms with Crippen LogP contribution in [0, 0.1) is 0 Å². The van der Waals surface area contributed by atoms with Gasteiger partial charge in [-0.25, -0.2) is 0 Å². The smallest absolute Gasteiger partial charge is 0.144 e. The predicted molar refractivity (Wildman–Crippen MR) is 267 cm³/mol.